The number of hydrogen-bond acceptors (Lipinski definition) is 3. The predicted molar refractivity (Wildman–Crippen MR) is 95.0 cm³/mol. The zero-order chi connectivity index (χ0) is 18.2. The van der Waals surface area contributed by atoms with Gasteiger partial charge in [-0.25, -0.2) is 0 Å². The molecule has 2 N–H and O–H groups in total. The van der Waals surface area contributed by atoms with E-state index in [2.05, 4.69) is 27.7 Å². The third-order valence-electron chi connectivity index (χ3n) is 3.47. The number of rotatable bonds is 12. The second-order valence-corrected chi connectivity index (χ2v) is 9.35. The fourth-order valence-corrected chi connectivity index (χ4v) is 3.91. The maximum absolute atomic E-state index is 13.0. The first-order valence-corrected chi connectivity index (χ1v) is 9.90. The van der Waals surface area contributed by atoms with Crippen LogP contribution in [-0.2, 0) is 15.0 Å². The van der Waals surface area contributed by atoms with Gasteiger partial charge in [-0.05, 0) is 30.6 Å². The summed E-state index contributed by atoms with van der Waals surface area (Å²) < 4.78 is 28.7. The van der Waals surface area contributed by atoms with E-state index in [-0.39, 0.29) is 12.5 Å². The molecule has 0 aromatic rings. The van der Waals surface area contributed by atoms with Crippen molar-refractivity contribution in [2.75, 3.05) is 26.2 Å². The summed E-state index contributed by atoms with van der Waals surface area (Å²) in [5.41, 5.74) is 5.25. The van der Waals surface area contributed by atoms with E-state index < -0.39 is 16.1 Å². The van der Waals surface area contributed by atoms with Crippen molar-refractivity contribution in [2.24, 2.45) is 23.5 Å². The van der Waals surface area contributed by atoms with Crippen molar-refractivity contribution < 1.29 is 13.2 Å². The lowest BCUT2D eigenvalue weighted by molar-refractivity contribution is -0.118. The molecule has 23 heavy (non-hydrogen) atoms. The minimum atomic E-state index is -3.68. The molecule has 0 aromatic carbocycles. The summed E-state index contributed by atoms with van der Waals surface area (Å²) in [6, 6.07) is 0. The summed E-state index contributed by atoms with van der Waals surface area (Å²) in [6.07, 6.45) is 1.59. The number of primary amides is 1. The van der Waals surface area contributed by atoms with Gasteiger partial charge >= 0.3 is 0 Å². The Balaban J connectivity index is 5.31. The van der Waals surface area contributed by atoms with Crippen LogP contribution in [0.3, 0.4) is 0 Å². The molecular weight excluding hydrogens is 314 g/mol. The Hall–Kier alpha value is -0.660. The normalized spacial score (nSPS) is 13.0. The topological polar surface area (TPSA) is 83.7 Å². The minimum absolute atomic E-state index is 0.126. The molecule has 0 aromatic heterocycles. The van der Waals surface area contributed by atoms with Gasteiger partial charge in [0.2, 0.25) is 5.91 Å². The van der Waals surface area contributed by atoms with Gasteiger partial charge in [0.05, 0.1) is 6.54 Å². The molecular formula is C16H35N3O3S. The first-order valence-electron chi connectivity index (χ1n) is 8.50. The van der Waals surface area contributed by atoms with Gasteiger partial charge in [-0.2, -0.15) is 17.0 Å². The SMILES string of the molecule is CC(C)CCN(CCC(C)C)S(=O)(=O)N(CC(N)=O)CC(C)C. The van der Waals surface area contributed by atoms with Crippen LogP contribution < -0.4 is 5.73 Å². The molecule has 138 valence electrons. The standard InChI is InChI=1S/C16H35N3O3S/c1-13(2)7-9-18(10-8-14(3)4)23(21,22)19(11-15(5)6)12-16(17)20/h13-15H,7-12H2,1-6H3,(H2,17,20). The van der Waals surface area contributed by atoms with Crippen molar-refractivity contribution in [3.63, 3.8) is 0 Å². The zero-order valence-electron chi connectivity index (χ0n) is 15.6. The molecule has 0 aliphatic heterocycles. The molecule has 0 aliphatic rings. The molecule has 0 fully saturated rings. The fourth-order valence-electron chi connectivity index (χ4n) is 2.13. The van der Waals surface area contributed by atoms with Crippen molar-refractivity contribution >= 4 is 16.1 Å². The summed E-state index contributed by atoms with van der Waals surface area (Å²) in [5, 5.41) is 0. The summed E-state index contributed by atoms with van der Waals surface area (Å²) in [4.78, 5) is 11.3. The van der Waals surface area contributed by atoms with E-state index in [9.17, 15) is 13.2 Å². The van der Waals surface area contributed by atoms with Crippen molar-refractivity contribution in [1.82, 2.24) is 8.61 Å². The molecule has 7 heteroatoms. The summed E-state index contributed by atoms with van der Waals surface area (Å²) in [6.45, 7) is 13.1. The van der Waals surface area contributed by atoms with Crippen LogP contribution in [0.25, 0.3) is 0 Å². The van der Waals surface area contributed by atoms with Crippen molar-refractivity contribution in [3.8, 4) is 0 Å². The fraction of sp³-hybridized carbons (Fsp3) is 0.938. The second-order valence-electron chi connectivity index (χ2n) is 7.42. The van der Waals surface area contributed by atoms with Gasteiger partial charge in [0.15, 0.2) is 0 Å². The van der Waals surface area contributed by atoms with Gasteiger partial charge in [0.25, 0.3) is 10.2 Å². The minimum Gasteiger partial charge on any atom is -0.369 e. The first-order chi connectivity index (χ1) is 10.5. The van der Waals surface area contributed by atoms with Crippen molar-refractivity contribution in [2.45, 2.75) is 54.4 Å². The number of hydrogen-bond donors (Lipinski definition) is 1. The van der Waals surface area contributed by atoms with Crippen LogP contribution in [-0.4, -0.2) is 49.1 Å². The van der Waals surface area contributed by atoms with E-state index in [1.54, 1.807) is 0 Å². The summed E-state index contributed by atoms with van der Waals surface area (Å²) in [7, 11) is -3.68. The molecule has 1 amide bonds. The number of carbonyl (C=O) groups is 1. The Labute approximate surface area is 142 Å². The highest BCUT2D eigenvalue weighted by Gasteiger charge is 2.31. The lowest BCUT2D eigenvalue weighted by Gasteiger charge is -2.31. The molecule has 0 saturated carbocycles. The van der Waals surface area contributed by atoms with Crippen LogP contribution in [0.1, 0.15) is 54.4 Å². The molecule has 0 saturated heterocycles. The van der Waals surface area contributed by atoms with Gasteiger partial charge in [-0.15, -0.1) is 0 Å². The Morgan fingerprint density at radius 3 is 1.61 bits per heavy atom. The molecule has 0 rings (SSSR count). The predicted octanol–water partition coefficient (Wildman–Crippen LogP) is 2.07. The maximum atomic E-state index is 13.0. The largest absolute Gasteiger partial charge is 0.369 e. The number of carbonyl (C=O) groups excluding carboxylic acids is 1. The highest BCUT2D eigenvalue weighted by atomic mass is 32.2. The molecule has 6 nitrogen and oxygen atoms in total. The zero-order valence-corrected chi connectivity index (χ0v) is 16.4. The van der Waals surface area contributed by atoms with E-state index in [0.29, 0.717) is 31.5 Å². The molecule has 0 heterocycles. The Morgan fingerprint density at radius 1 is 0.870 bits per heavy atom. The van der Waals surface area contributed by atoms with Gasteiger partial charge in [0, 0.05) is 19.6 Å². The Bertz CT molecular complexity index is 435. The number of amides is 1. The van der Waals surface area contributed by atoms with Crippen LogP contribution in [0.4, 0.5) is 0 Å². The highest BCUT2D eigenvalue weighted by Crippen LogP contribution is 2.16. The highest BCUT2D eigenvalue weighted by molar-refractivity contribution is 7.86. The molecule has 0 atom stereocenters. The molecule has 0 radical (unpaired) electrons. The van der Waals surface area contributed by atoms with E-state index in [0.717, 1.165) is 12.8 Å². The van der Waals surface area contributed by atoms with Gasteiger partial charge in [-0.3, -0.25) is 4.79 Å². The van der Waals surface area contributed by atoms with Crippen LogP contribution in [0.2, 0.25) is 0 Å². The average molecular weight is 350 g/mol. The van der Waals surface area contributed by atoms with Crippen LogP contribution in [0, 0.1) is 17.8 Å². The average Bonchev–Trinajstić information content (AvgIpc) is 2.35. The third kappa shape index (κ3) is 9.27. The molecule has 0 spiro atoms. The van der Waals surface area contributed by atoms with Crippen molar-refractivity contribution in [3.05, 3.63) is 0 Å². The van der Waals surface area contributed by atoms with Gasteiger partial charge in [-0.1, -0.05) is 41.5 Å². The quantitative estimate of drug-likeness (QED) is 0.585. The number of nitrogens with two attached hydrogens (primary N) is 1. The Morgan fingerprint density at radius 2 is 1.30 bits per heavy atom. The summed E-state index contributed by atoms with van der Waals surface area (Å²) >= 11 is 0. The van der Waals surface area contributed by atoms with E-state index in [1.165, 1.54) is 8.61 Å². The third-order valence-corrected chi connectivity index (χ3v) is 5.41. The maximum Gasteiger partial charge on any atom is 0.282 e. The summed E-state index contributed by atoms with van der Waals surface area (Å²) in [5.74, 6) is 0.339. The van der Waals surface area contributed by atoms with E-state index >= 15 is 0 Å². The van der Waals surface area contributed by atoms with Crippen LogP contribution >= 0.6 is 0 Å². The first kappa shape index (κ1) is 22.3. The molecule has 0 unspecified atom stereocenters. The monoisotopic (exact) mass is 349 g/mol. The molecule has 0 bridgehead atoms. The smallest absolute Gasteiger partial charge is 0.282 e. The van der Waals surface area contributed by atoms with Gasteiger partial charge in [0.1, 0.15) is 0 Å². The van der Waals surface area contributed by atoms with Crippen LogP contribution in [0.5, 0.6) is 0 Å². The lowest BCUT2D eigenvalue weighted by Crippen LogP contribution is -2.49. The number of nitrogens with zero attached hydrogens (tertiary/aromatic N) is 2. The molecule has 0 aliphatic carbocycles. The van der Waals surface area contributed by atoms with E-state index in [1.807, 2.05) is 13.8 Å². The van der Waals surface area contributed by atoms with Gasteiger partial charge < -0.3 is 5.73 Å². The van der Waals surface area contributed by atoms with E-state index in [4.69, 9.17) is 5.73 Å². The van der Waals surface area contributed by atoms with Crippen molar-refractivity contribution in [1.29, 1.82) is 0 Å². The lowest BCUT2D eigenvalue weighted by atomic mass is 10.1. The van der Waals surface area contributed by atoms with Crippen LogP contribution in [0.15, 0.2) is 0 Å². The second kappa shape index (κ2) is 10.3. The Kier molecular flexibility index (Phi) is 9.96.